The summed E-state index contributed by atoms with van der Waals surface area (Å²) < 4.78 is 5.74. The van der Waals surface area contributed by atoms with Crippen LogP contribution in [0, 0.1) is 12.8 Å². The first-order valence-electron chi connectivity index (χ1n) is 8.58. The maximum absolute atomic E-state index is 12.4. The molecule has 24 heavy (non-hydrogen) atoms. The van der Waals surface area contributed by atoms with E-state index in [0.717, 1.165) is 54.9 Å². The summed E-state index contributed by atoms with van der Waals surface area (Å²) in [5.74, 6) is 0.477. The smallest absolute Gasteiger partial charge is 0.252 e. The van der Waals surface area contributed by atoms with Gasteiger partial charge in [-0.3, -0.25) is 9.69 Å². The number of H-pyrrole nitrogens is 1. The van der Waals surface area contributed by atoms with Crippen LogP contribution < -0.4 is 5.56 Å². The lowest BCUT2D eigenvalue weighted by molar-refractivity contribution is 0.112. The maximum atomic E-state index is 12.4. The molecule has 0 spiro atoms. The first-order valence-corrected chi connectivity index (χ1v) is 8.58. The lowest BCUT2D eigenvalue weighted by Gasteiger charge is -2.25. The molecule has 1 atom stereocenters. The second kappa shape index (κ2) is 7.47. The second-order valence-corrected chi connectivity index (χ2v) is 7.15. The average Bonchev–Trinajstić information content (AvgIpc) is 2.72. The minimum atomic E-state index is 0.0161. The summed E-state index contributed by atoms with van der Waals surface area (Å²) in [5.41, 5.74) is 2.91. The van der Waals surface area contributed by atoms with Crippen LogP contribution in [0.5, 0.6) is 0 Å². The number of nitrogens with zero attached hydrogens (tertiary/aromatic N) is 2. The molecule has 1 aromatic heterocycles. The Morgan fingerprint density at radius 2 is 2.17 bits per heavy atom. The van der Waals surface area contributed by atoms with Gasteiger partial charge in [0.15, 0.2) is 0 Å². The van der Waals surface area contributed by atoms with Gasteiger partial charge >= 0.3 is 0 Å². The molecule has 0 saturated carbocycles. The number of hydrogen-bond acceptors (Lipinski definition) is 4. The number of fused-ring (bicyclic) bond motifs is 1. The van der Waals surface area contributed by atoms with Crippen molar-refractivity contribution in [3.8, 4) is 0 Å². The molecule has 0 radical (unpaired) electrons. The van der Waals surface area contributed by atoms with E-state index in [0.29, 0.717) is 12.5 Å². The third-order valence-corrected chi connectivity index (χ3v) is 4.52. The fraction of sp³-hybridized carbons (Fsp3) is 0.526. The van der Waals surface area contributed by atoms with Crippen molar-refractivity contribution in [3.63, 3.8) is 0 Å². The largest absolute Gasteiger partial charge is 0.380 e. The predicted octanol–water partition coefficient (Wildman–Crippen LogP) is 1.85. The number of aromatic amines is 1. The van der Waals surface area contributed by atoms with Crippen LogP contribution in [0.1, 0.15) is 11.1 Å². The molecule has 5 nitrogen and oxygen atoms in total. The standard InChI is InChI=1S/C19H27N3O2/c1-14-4-5-16-9-17(19(23)20-18(16)8-14)12-22-6-7-24-13-15(11-22)10-21(2)3/h4-5,8-9,15H,6-7,10-13H2,1-3H3,(H,20,23)/t15-/m1/s1. The summed E-state index contributed by atoms with van der Waals surface area (Å²) >= 11 is 0. The predicted molar refractivity (Wildman–Crippen MR) is 97.4 cm³/mol. The normalized spacial score (nSPS) is 19.8. The Hall–Kier alpha value is -1.69. The van der Waals surface area contributed by atoms with Crippen LogP contribution in [0.3, 0.4) is 0 Å². The van der Waals surface area contributed by atoms with E-state index in [2.05, 4.69) is 41.0 Å². The number of benzene rings is 1. The van der Waals surface area contributed by atoms with Gasteiger partial charge in [0.05, 0.1) is 13.2 Å². The number of hydrogen-bond donors (Lipinski definition) is 1. The summed E-state index contributed by atoms with van der Waals surface area (Å²) in [7, 11) is 4.18. The zero-order chi connectivity index (χ0) is 17.1. The summed E-state index contributed by atoms with van der Waals surface area (Å²) in [6.07, 6.45) is 0. The number of nitrogens with one attached hydrogen (secondary N) is 1. The molecule has 130 valence electrons. The van der Waals surface area contributed by atoms with Gasteiger partial charge in [0.25, 0.3) is 5.56 Å². The highest BCUT2D eigenvalue weighted by atomic mass is 16.5. The molecule has 1 fully saturated rings. The quantitative estimate of drug-likeness (QED) is 0.930. The summed E-state index contributed by atoms with van der Waals surface area (Å²) in [6, 6.07) is 8.20. The third kappa shape index (κ3) is 4.23. The van der Waals surface area contributed by atoms with Gasteiger partial charge in [0.2, 0.25) is 0 Å². The summed E-state index contributed by atoms with van der Waals surface area (Å²) in [4.78, 5) is 20.0. The molecule has 0 bridgehead atoms. The van der Waals surface area contributed by atoms with Crippen molar-refractivity contribution < 1.29 is 4.74 Å². The van der Waals surface area contributed by atoms with E-state index in [4.69, 9.17) is 4.74 Å². The van der Waals surface area contributed by atoms with Gasteiger partial charge in [-0.25, -0.2) is 0 Å². The third-order valence-electron chi connectivity index (χ3n) is 4.52. The molecule has 0 aliphatic carbocycles. The average molecular weight is 329 g/mol. The van der Waals surface area contributed by atoms with Crippen molar-refractivity contribution in [2.24, 2.45) is 5.92 Å². The first-order chi connectivity index (χ1) is 11.5. The number of aryl methyl sites for hydroxylation is 1. The Kier molecular flexibility index (Phi) is 5.33. The monoisotopic (exact) mass is 329 g/mol. The van der Waals surface area contributed by atoms with E-state index < -0.39 is 0 Å². The van der Waals surface area contributed by atoms with Gasteiger partial charge in [0.1, 0.15) is 0 Å². The highest BCUT2D eigenvalue weighted by molar-refractivity contribution is 5.79. The van der Waals surface area contributed by atoms with E-state index in [9.17, 15) is 4.79 Å². The molecule has 0 unspecified atom stereocenters. The lowest BCUT2D eigenvalue weighted by atomic mass is 10.1. The van der Waals surface area contributed by atoms with Gasteiger partial charge in [-0.1, -0.05) is 12.1 Å². The second-order valence-electron chi connectivity index (χ2n) is 7.15. The molecule has 3 rings (SSSR count). The molecule has 2 aromatic rings. The van der Waals surface area contributed by atoms with Crippen LogP contribution in [0.2, 0.25) is 0 Å². The zero-order valence-electron chi connectivity index (χ0n) is 14.8. The molecule has 1 saturated heterocycles. The number of aromatic nitrogens is 1. The van der Waals surface area contributed by atoms with Crippen LogP contribution in [0.25, 0.3) is 10.9 Å². The molecule has 2 heterocycles. The van der Waals surface area contributed by atoms with E-state index in [1.54, 1.807) is 0 Å². The summed E-state index contributed by atoms with van der Waals surface area (Å²) in [6.45, 7) is 7.07. The van der Waals surface area contributed by atoms with Gasteiger partial charge in [-0.2, -0.15) is 0 Å². The van der Waals surface area contributed by atoms with E-state index in [1.165, 1.54) is 0 Å². The molecular weight excluding hydrogens is 302 g/mol. The lowest BCUT2D eigenvalue weighted by Crippen LogP contribution is -2.35. The fourth-order valence-corrected chi connectivity index (χ4v) is 3.44. The molecular formula is C19H27N3O2. The number of rotatable bonds is 4. The highest BCUT2D eigenvalue weighted by Crippen LogP contribution is 2.15. The van der Waals surface area contributed by atoms with Crippen LogP contribution in [0.15, 0.2) is 29.1 Å². The minimum Gasteiger partial charge on any atom is -0.380 e. The van der Waals surface area contributed by atoms with Crippen LogP contribution >= 0.6 is 0 Å². The van der Waals surface area contributed by atoms with Gasteiger partial charge < -0.3 is 14.6 Å². The zero-order valence-corrected chi connectivity index (χ0v) is 14.8. The van der Waals surface area contributed by atoms with Crippen molar-refractivity contribution in [3.05, 3.63) is 45.7 Å². The first kappa shape index (κ1) is 17.1. The van der Waals surface area contributed by atoms with Crippen molar-refractivity contribution in [2.45, 2.75) is 13.5 Å². The van der Waals surface area contributed by atoms with Crippen molar-refractivity contribution in [1.29, 1.82) is 0 Å². The van der Waals surface area contributed by atoms with E-state index >= 15 is 0 Å². The van der Waals surface area contributed by atoms with E-state index in [-0.39, 0.29) is 5.56 Å². The molecule has 0 amide bonds. The molecule has 1 aliphatic rings. The van der Waals surface area contributed by atoms with Crippen molar-refractivity contribution in [2.75, 3.05) is 46.9 Å². The Bertz CT molecular complexity index is 754. The minimum absolute atomic E-state index is 0.0161. The number of ether oxygens (including phenoxy) is 1. The molecule has 1 aromatic carbocycles. The van der Waals surface area contributed by atoms with Crippen LogP contribution in [-0.4, -0.2) is 61.7 Å². The Morgan fingerprint density at radius 1 is 1.33 bits per heavy atom. The molecule has 5 heteroatoms. The van der Waals surface area contributed by atoms with Gasteiger partial charge in [-0.05, 0) is 44.1 Å². The van der Waals surface area contributed by atoms with Gasteiger partial charge in [0, 0.05) is 43.2 Å². The Morgan fingerprint density at radius 3 is 2.96 bits per heavy atom. The highest BCUT2D eigenvalue weighted by Gasteiger charge is 2.20. The van der Waals surface area contributed by atoms with E-state index in [1.807, 2.05) is 19.1 Å². The van der Waals surface area contributed by atoms with Crippen molar-refractivity contribution >= 4 is 10.9 Å². The van der Waals surface area contributed by atoms with Crippen LogP contribution in [-0.2, 0) is 11.3 Å². The Labute approximate surface area is 143 Å². The topological polar surface area (TPSA) is 48.6 Å². The summed E-state index contributed by atoms with van der Waals surface area (Å²) in [5, 5.41) is 1.09. The van der Waals surface area contributed by atoms with Crippen LogP contribution in [0.4, 0.5) is 0 Å². The van der Waals surface area contributed by atoms with Crippen molar-refractivity contribution in [1.82, 2.24) is 14.8 Å². The fourth-order valence-electron chi connectivity index (χ4n) is 3.44. The van der Waals surface area contributed by atoms with Gasteiger partial charge in [-0.15, -0.1) is 0 Å². The molecule has 1 N–H and O–H groups in total. The number of pyridine rings is 1. The maximum Gasteiger partial charge on any atom is 0.252 e. The SMILES string of the molecule is Cc1ccc2cc(CN3CCOC[C@H](CN(C)C)C3)c(=O)[nH]c2c1. The molecule has 1 aliphatic heterocycles. The Balaban J connectivity index is 1.79.